The molecule has 0 spiro atoms. The summed E-state index contributed by atoms with van der Waals surface area (Å²) in [6.45, 7) is 0. The fourth-order valence-corrected chi connectivity index (χ4v) is 5.95. The van der Waals surface area contributed by atoms with Gasteiger partial charge in [0, 0.05) is 16.8 Å². The first-order chi connectivity index (χ1) is 12.3. The van der Waals surface area contributed by atoms with Gasteiger partial charge in [-0.15, -0.1) is 0 Å². The summed E-state index contributed by atoms with van der Waals surface area (Å²) in [7, 11) is -2.72. The van der Waals surface area contributed by atoms with Crippen LogP contribution in [0.1, 0.15) is 5.56 Å². The van der Waals surface area contributed by atoms with Gasteiger partial charge in [0.15, 0.2) is 0 Å². The fraction of sp³-hybridized carbons (Fsp3) is 0.0435. The molecular weight excluding hydrogens is 323 g/mol. The Hall–Kier alpha value is -2.63. The Balaban J connectivity index is 1.82. The van der Waals surface area contributed by atoms with Gasteiger partial charge in [-0.1, -0.05) is 103 Å². The summed E-state index contributed by atoms with van der Waals surface area (Å²) in [6.07, 6.45) is 0.534. The second kappa shape index (κ2) is 6.70. The first-order valence-electron chi connectivity index (χ1n) is 8.44. The van der Waals surface area contributed by atoms with Gasteiger partial charge in [0.25, 0.3) is 0 Å². The summed E-state index contributed by atoms with van der Waals surface area (Å²) in [5, 5.41) is 4.22. The summed E-state index contributed by atoms with van der Waals surface area (Å²) >= 11 is 0. The van der Waals surface area contributed by atoms with Crippen molar-refractivity contribution in [1.82, 2.24) is 0 Å². The molecule has 0 atom stereocenters. The third-order valence-electron chi connectivity index (χ3n) is 4.57. The Labute approximate surface area is 148 Å². The summed E-state index contributed by atoms with van der Waals surface area (Å²) in [5.74, 6) is 0. The topological polar surface area (TPSA) is 17.1 Å². The van der Waals surface area contributed by atoms with Gasteiger partial charge in [-0.2, -0.15) is 0 Å². The molecule has 4 aromatic rings. The molecule has 0 heterocycles. The lowest BCUT2D eigenvalue weighted by atomic mass is 10.1. The third-order valence-corrected chi connectivity index (χ3v) is 7.64. The van der Waals surface area contributed by atoms with Crippen molar-refractivity contribution in [3.05, 3.63) is 109 Å². The average molecular weight is 342 g/mol. The average Bonchev–Trinajstić information content (AvgIpc) is 2.69. The molecule has 0 amide bonds. The normalized spacial score (nSPS) is 11.5. The Bertz CT molecular complexity index is 996. The van der Waals surface area contributed by atoms with E-state index in [-0.39, 0.29) is 0 Å². The van der Waals surface area contributed by atoms with Crippen LogP contribution < -0.4 is 10.6 Å². The molecule has 0 saturated carbocycles. The van der Waals surface area contributed by atoms with E-state index in [1.807, 2.05) is 72.8 Å². The van der Waals surface area contributed by atoms with E-state index in [0.717, 1.165) is 16.2 Å². The largest absolute Gasteiger partial charge is 0.313 e. The lowest BCUT2D eigenvalue weighted by Gasteiger charge is -2.20. The van der Waals surface area contributed by atoms with Gasteiger partial charge in [0.2, 0.25) is 0 Å². The number of hydrogen-bond acceptors (Lipinski definition) is 1. The highest BCUT2D eigenvalue weighted by Gasteiger charge is 2.27. The molecule has 0 aromatic heterocycles. The van der Waals surface area contributed by atoms with E-state index in [2.05, 4.69) is 30.3 Å². The van der Waals surface area contributed by atoms with Gasteiger partial charge in [-0.05, 0) is 16.3 Å². The molecular formula is C23H19OP. The number of hydrogen-bond donors (Lipinski definition) is 0. The van der Waals surface area contributed by atoms with Gasteiger partial charge >= 0.3 is 0 Å². The molecule has 0 aliphatic carbocycles. The highest BCUT2D eigenvalue weighted by Crippen LogP contribution is 2.47. The first kappa shape index (κ1) is 15.9. The van der Waals surface area contributed by atoms with Crippen LogP contribution in [0.3, 0.4) is 0 Å². The molecule has 0 aliphatic rings. The molecule has 0 fully saturated rings. The lowest BCUT2D eigenvalue weighted by Crippen LogP contribution is -2.17. The van der Waals surface area contributed by atoms with Crippen molar-refractivity contribution >= 4 is 28.5 Å². The maximum absolute atomic E-state index is 14.1. The second-order valence-electron chi connectivity index (χ2n) is 6.25. The standard InChI is InChI=1S/C23H19OP/c24-25(22-11-3-1-4-12-22,23-13-5-2-6-14-23)18-19-15-16-20-9-7-8-10-21(20)17-19/h1-17H,18H2. The van der Waals surface area contributed by atoms with E-state index in [4.69, 9.17) is 0 Å². The van der Waals surface area contributed by atoms with Crippen molar-refractivity contribution in [2.75, 3.05) is 0 Å². The quantitative estimate of drug-likeness (QED) is 0.457. The van der Waals surface area contributed by atoms with E-state index < -0.39 is 7.14 Å². The Morgan fingerprint density at radius 1 is 0.560 bits per heavy atom. The van der Waals surface area contributed by atoms with Crippen LogP contribution >= 0.6 is 7.14 Å². The van der Waals surface area contributed by atoms with Crippen LogP contribution in [-0.4, -0.2) is 0 Å². The highest BCUT2D eigenvalue weighted by atomic mass is 31.2. The van der Waals surface area contributed by atoms with Crippen LogP contribution in [0.4, 0.5) is 0 Å². The molecule has 0 aliphatic heterocycles. The fourth-order valence-electron chi connectivity index (χ4n) is 3.26. The SMILES string of the molecule is O=P(Cc1ccc2ccccc2c1)(c1ccccc1)c1ccccc1. The van der Waals surface area contributed by atoms with Gasteiger partial charge in [0.1, 0.15) is 7.14 Å². The van der Waals surface area contributed by atoms with E-state index in [1.54, 1.807) is 0 Å². The summed E-state index contributed by atoms with van der Waals surface area (Å²) < 4.78 is 14.1. The van der Waals surface area contributed by atoms with Crippen molar-refractivity contribution in [2.45, 2.75) is 6.16 Å². The second-order valence-corrected chi connectivity index (χ2v) is 9.08. The van der Waals surface area contributed by atoms with E-state index in [0.29, 0.717) is 6.16 Å². The number of rotatable bonds is 4. The molecule has 122 valence electrons. The minimum Gasteiger partial charge on any atom is -0.313 e. The monoisotopic (exact) mass is 342 g/mol. The highest BCUT2D eigenvalue weighted by molar-refractivity contribution is 7.78. The Morgan fingerprint density at radius 3 is 1.68 bits per heavy atom. The zero-order valence-corrected chi connectivity index (χ0v) is 14.8. The van der Waals surface area contributed by atoms with E-state index >= 15 is 0 Å². The van der Waals surface area contributed by atoms with Crippen molar-refractivity contribution < 1.29 is 4.57 Å². The Morgan fingerprint density at radius 2 is 1.08 bits per heavy atom. The van der Waals surface area contributed by atoms with Gasteiger partial charge in [-0.3, -0.25) is 0 Å². The summed E-state index contributed by atoms with van der Waals surface area (Å²) in [6, 6.07) is 34.4. The summed E-state index contributed by atoms with van der Waals surface area (Å²) in [4.78, 5) is 0. The lowest BCUT2D eigenvalue weighted by molar-refractivity contribution is 0.586. The van der Waals surface area contributed by atoms with Crippen molar-refractivity contribution in [1.29, 1.82) is 0 Å². The molecule has 1 nitrogen and oxygen atoms in total. The van der Waals surface area contributed by atoms with Crippen molar-refractivity contribution in [3.63, 3.8) is 0 Å². The molecule has 0 radical (unpaired) electrons. The molecule has 4 aromatic carbocycles. The van der Waals surface area contributed by atoms with Crippen LogP contribution in [0.15, 0.2) is 103 Å². The van der Waals surface area contributed by atoms with Crippen LogP contribution in [0, 0.1) is 0 Å². The summed E-state index contributed by atoms with van der Waals surface area (Å²) in [5.41, 5.74) is 1.11. The number of benzene rings is 4. The Kier molecular flexibility index (Phi) is 4.26. The van der Waals surface area contributed by atoms with Crippen LogP contribution in [0.5, 0.6) is 0 Å². The van der Waals surface area contributed by atoms with E-state index in [1.165, 1.54) is 10.8 Å². The van der Waals surface area contributed by atoms with Crippen molar-refractivity contribution in [2.24, 2.45) is 0 Å². The van der Waals surface area contributed by atoms with Gasteiger partial charge in [0.05, 0.1) is 0 Å². The molecule has 0 unspecified atom stereocenters. The third kappa shape index (κ3) is 3.16. The zero-order valence-electron chi connectivity index (χ0n) is 13.9. The maximum Gasteiger partial charge on any atom is 0.147 e. The smallest absolute Gasteiger partial charge is 0.147 e. The minimum absolute atomic E-state index is 0.534. The molecule has 0 bridgehead atoms. The minimum atomic E-state index is -2.72. The van der Waals surface area contributed by atoms with Crippen LogP contribution in [0.2, 0.25) is 0 Å². The predicted octanol–water partition coefficient (Wildman–Crippen LogP) is 5.35. The maximum atomic E-state index is 14.1. The first-order valence-corrected chi connectivity index (χ1v) is 10.3. The molecule has 0 N–H and O–H groups in total. The van der Waals surface area contributed by atoms with Gasteiger partial charge in [-0.25, -0.2) is 0 Å². The number of fused-ring (bicyclic) bond motifs is 1. The van der Waals surface area contributed by atoms with E-state index in [9.17, 15) is 4.57 Å². The van der Waals surface area contributed by atoms with Crippen LogP contribution in [0.25, 0.3) is 10.8 Å². The molecule has 0 saturated heterocycles. The predicted molar refractivity (Wildman–Crippen MR) is 107 cm³/mol. The van der Waals surface area contributed by atoms with Crippen LogP contribution in [-0.2, 0) is 10.7 Å². The molecule has 25 heavy (non-hydrogen) atoms. The molecule has 2 heteroatoms. The van der Waals surface area contributed by atoms with Crippen molar-refractivity contribution in [3.8, 4) is 0 Å². The molecule has 4 rings (SSSR count). The zero-order chi connectivity index (χ0) is 17.1. The van der Waals surface area contributed by atoms with Gasteiger partial charge < -0.3 is 4.57 Å².